The zero-order valence-electron chi connectivity index (χ0n) is 10.0. The van der Waals surface area contributed by atoms with Crippen molar-refractivity contribution < 1.29 is 18.3 Å². The van der Waals surface area contributed by atoms with Crippen LogP contribution >= 0.6 is 0 Å². The fraction of sp³-hybridized carbons (Fsp3) is 0.231. The molecule has 0 bridgehead atoms. The second-order valence-corrected chi connectivity index (χ2v) is 4.14. The Morgan fingerprint density at radius 2 is 1.58 bits per heavy atom. The minimum absolute atomic E-state index is 0.158. The van der Waals surface area contributed by atoms with Crippen LogP contribution in [-0.2, 0) is 6.18 Å². The van der Waals surface area contributed by atoms with Gasteiger partial charge in [-0.2, -0.15) is 13.2 Å². The quantitative estimate of drug-likeness (QED) is 0.911. The number of aliphatic hydroxyl groups is 1. The van der Waals surface area contributed by atoms with Crippen molar-refractivity contribution in [1.82, 2.24) is 9.97 Å². The van der Waals surface area contributed by atoms with Crippen molar-refractivity contribution in [3.05, 3.63) is 59.2 Å². The average Bonchev–Trinajstić information content (AvgIpc) is 2.38. The summed E-state index contributed by atoms with van der Waals surface area (Å²) in [5.74, 6) is 0.158. The number of rotatable bonds is 2. The van der Waals surface area contributed by atoms with Gasteiger partial charge >= 0.3 is 6.18 Å². The van der Waals surface area contributed by atoms with Gasteiger partial charge in [0.2, 0.25) is 0 Å². The van der Waals surface area contributed by atoms with Crippen molar-refractivity contribution >= 4 is 0 Å². The molecule has 0 radical (unpaired) electrons. The minimum atomic E-state index is -4.39. The molecule has 0 amide bonds. The number of nitrogens with zero attached hydrogens (tertiary/aromatic N) is 2. The highest BCUT2D eigenvalue weighted by atomic mass is 19.4. The van der Waals surface area contributed by atoms with Gasteiger partial charge in [0.15, 0.2) is 5.82 Å². The van der Waals surface area contributed by atoms with E-state index in [2.05, 4.69) is 9.97 Å². The van der Waals surface area contributed by atoms with Crippen LogP contribution in [0.4, 0.5) is 13.2 Å². The molecule has 0 aliphatic rings. The molecule has 6 heteroatoms. The lowest BCUT2D eigenvalue weighted by Gasteiger charge is -2.11. The van der Waals surface area contributed by atoms with Crippen molar-refractivity contribution in [2.75, 3.05) is 0 Å². The van der Waals surface area contributed by atoms with Crippen LogP contribution in [0.3, 0.4) is 0 Å². The molecule has 0 aliphatic heterocycles. The average molecular weight is 268 g/mol. The van der Waals surface area contributed by atoms with E-state index in [1.807, 2.05) is 0 Å². The predicted molar refractivity (Wildman–Crippen MR) is 62.3 cm³/mol. The molecule has 100 valence electrons. The second kappa shape index (κ2) is 4.97. The standard InChI is InChI=1S/C13H11F3N2O/c1-8-6-17-12(18-7-8)11(19)9-2-4-10(5-3-9)13(14,15)16/h2-7,11,19H,1H3. The molecule has 0 fully saturated rings. The first kappa shape index (κ1) is 13.5. The number of hydrogen-bond donors (Lipinski definition) is 1. The van der Waals surface area contributed by atoms with E-state index in [1.165, 1.54) is 24.5 Å². The molecule has 19 heavy (non-hydrogen) atoms. The van der Waals surface area contributed by atoms with Crippen LogP contribution in [0.2, 0.25) is 0 Å². The maximum Gasteiger partial charge on any atom is 0.416 e. The molecular weight excluding hydrogens is 257 g/mol. The maximum absolute atomic E-state index is 12.4. The lowest BCUT2D eigenvalue weighted by molar-refractivity contribution is -0.137. The van der Waals surface area contributed by atoms with E-state index in [0.29, 0.717) is 5.56 Å². The van der Waals surface area contributed by atoms with Gasteiger partial charge in [0.25, 0.3) is 0 Å². The molecule has 1 heterocycles. The van der Waals surface area contributed by atoms with Crippen molar-refractivity contribution in [3.8, 4) is 0 Å². The van der Waals surface area contributed by atoms with Gasteiger partial charge in [-0.1, -0.05) is 12.1 Å². The normalized spacial score (nSPS) is 13.3. The van der Waals surface area contributed by atoms with Gasteiger partial charge in [0.1, 0.15) is 6.10 Å². The fourth-order valence-corrected chi connectivity index (χ4v) is 1.55. The first-order valence-electron chi connectivity index (χ1n) is 5.51. The summed E-state index contributed by atoms with van der Waals surface area (Å²) in [6, 6.07) is 4.28. The highest BCUT2D eigenvalue weighted by Gasteiger charge is 2.30. The van der Waals surface area contributed by atoms with Gasteiger partial charge in [-0.3, -0.25) is 0 Å². The highest BCUT2D eigenvalue weighted by Crippen LogP contribution is 2.30. The maximum atomic E-state index is 12.4. The second-order valence-electron chi connectivity index (χ2n) is 4.14. The van der Waals surface area contributed by atoms with Crippen LogP contribution in [0, 0.1) is 6.92 Å². The third kappa shape index (κ3) is 3.08. The van der Waals surface area contributed by atoms with Crippen molar-refractivity contribution in [1.29, 1.82) is 0 Å². The van der Waals surface area contributed by atoms with Crippen LogP contribution in [0.5, 0.6) is 0 Å². The molecule has 0 aliphatic carbocycles. The Balaban J connectivity index is 2.25. The summed E-state index contributed by atoms with van der Waals surface area (Å²) >= 11 is 0. The molecule has 1 aromatic heterocycles. The van der Waals surface area contributed by atoms with Gasteiger partial charge in [0, 0.05) is 12.4 Å². The summed E-state index contributed by atoms with van der Waals surface area (Å²) in [5, 5.41) is 9.97. The summed E-state index contributed by atoms with van der Waals surface area (Å²) in [5.41, 5.74) is 0.397. The van der Waals surface area contributed by atoms with Gasteiger partial charge in [0.05, 0.1) is 5.56 Å². The first-order valence-corrected chi connectivity index (χ1v) is 5.51. The summed E-state index contributed by atoms with van der Waals surface area (Å²) in [4.78, 5) is 7.88. The Hall–Kier alpha value is -1.95. The fourth-order valence-electron chi connectivity index (χ4n) is 1.55. The predicted octanol–water partition coefficient (Wildman–Crippen LogP) is 2.89. The van der Waals surface area contributed by atoms with E-state index in [1.54, 1.807) is 6.92 Å². The lowest BCUT2D eigenvalue weighted by atomic mass is 10.1. The number of aromatic nitrogens is 2. The van der Waals surface area contributed by atoms with Crippen molar-refractivity contribution in [2.45, 2.75) is 19.2 Å². The summed E-state index contributed by atoms with van der Waals surface area (Å²) in [6.07, 6.45) is -2.45. The molecule has 1 N–H and O–H groups in total. The minimum Gasteiger partial charge on any atom is -0.380 e. The van der Waals surface area contributed by atoms with E-state index in [-0.39, 0.29) is 5.82 Å². The number of halogens is 3. The molecule has 2 aromatic rings. The first-order chi connectivity index (χ1) is 8.88. The Morgan fingerprint density at radius 3 is 2.05 bits per heavy atom. The Morgan fingerprint density at radius 1 is 1.05 bits per heavy atom. The smallest absolute Gasteiger partial charge is 0.380 e. The van der Waals surface area contributed by atoms with E-state index < -0.39 is 17.8 Å². The van der Waals surface area contributed by atoms with Gasteiger partial charge in [-0.05, 0) is 30.2 Å². The third-order valence-electron chi connectivity index (χ3n) is 2.60. The zero-order chi connectivity index (χ0) is 14.0. The third-order valence-corrected chi connectivity index (χ3v) is 2.60. The Bertz CT molecular complexity index is 550. The monoisotopic (exact) mass is 268 g/mol. The van der Waals surface area contributed by atoms with Crippen LogP contribution in [-0.4, -0.2) is 15.1 Å². The topological polar surface area (TPSA) is 46.0 Å². The van der Waals surface area contributed by atoms with Crippen LogP contribution < -0.4 is 0 Å². The molecule has 1 unspecified atom stereocenters. The van der Waals surface area contributed by atoms with Crippen molar-refractivity contribution in [3.63, 3.8) is 0 Å². The molecule has 0 saturated heterocycles. The van der Waals surface area contributed by atoms with Crippen molar-refractivity contribution in [2.24, 2.45) is 0 Å². The van der Waals surface area contributed by atoms with E-state index in [0.717, 1.165) is 17.7 Å². The van der Waals surface area contributed by atoms with E-state index in [4.69, 9.17) is 0 Å². The molecule has 0 saturated carbocycles. The summed E-state index contributed by atoms with van der Waals surface area (Å²) < 4.78 is 37.2. The summed E-state index contributed by atoms with van der Waals surface area (Å²) in [6.45, 7) is 1.80. The van der Waals surface area contributed by atoms with Gasteiger partial charge in [-0.15, -0.1) is 0 Å². The highest BCUT2D eigenvalue weighted by molar-refractivity contribution is 5.28. The van der Waals surface area contributed by atoms with E-state index >= 15 is 0 Å². The molecule has 1 atom stereocenters. The Kier molecular flexibility index (Phi) is 3.53. The largest absolute Gasteiger partial charge is 0.416 e. The molecule has 1 aromatic carbocycles. The number of aryl methyl sites for hydroxylation is 1. The van der Waals surface area contributed by atoms with Gasteiger partial charge < -0.3 is 5.11 Å². The van der Waals surface area contributed by atoms with Crippen LogP contribution in [0.1, 0.15) is 28.6 Å². The van der Waals surface area contributed by atoms with Crippen LogP contribution in [0.25, 0.3) is 0 Å². The SMILES string of the molecule is Cc1cnc(C(O)c2ccc(C(F)(F)F)cc2)nc1. The molecule has 3 nitrogen and oxygen atoms in total. The lowest BCUT2D eigenvalue weighted by Crippen LogP contribution is -2.08. The molecule has 2 rings (SSSR count). The van der Waals surface area contributed by atoms with Crippen LogP contribution in [0.15, 0.2) is 36.7 Å². The van der Waals surface area contributed by atoms with E-state index in [9.17, 15) is 18.3 Å². The number of hydrogen-bond acceptors (Lipinski definition) is 3. The zero-order valence-corrected chi connectivity index (χ0v) is 10.0. The number of benzene rings is 1. The molecule has 0 spiro atoms. The number of aliphatic hydroxyl groups excluding tert-OH is 1. The number of alkyl halides is 3. The van der Waals surface area contributed by atoms with Gasteiger partial charge in [-0.25, -0.2) is 9.97 Å². The Labute approximate surface area is 107 Å². The summed E-state index contributed by atoms with van der Waals surface area (Å²) in [7, 11) is 0. The molecular formula is C13H11F3N2O.